The van der Waals surface area contributed by atoms with Gasteiger partial charge < -0.3 is 5.11 Å². The van der Waals surface area contributed by atoms with Crippen LogP contribution in [0.1, 0.15) is 16.9 Å². The molecule has 1 unspecified atom stereocenters. The molecule has 2 rings (SSSR count). The van der Waals surface area contributed by atoms with Crippen molar-refractivity contribution in [3.8, 4) is 0 Å². The minimum absolute atomic E-state index is 0.0770. The van der Waals surface area contributed by atoms with Gasteiger partial charge in [-0.05, 0) is 31.9 Å². The number of aliphatic carboxylic acids is 1. The molecular formula is C11H15NO4S2. The smallest absolute Gasteiger partial charge is 0.307 e. The van der Waals surface area contributed by atoms with E-state index in [2.05, 4.69) is 0 Å². The van der Waals surface area contributed by atoms with Gasteiger partial charge in [0.25, 0.3) is 10.0 Å². The third kappa shape index (κ3) is 2.30. The summed E-state index contributed by atoms with van der Waals surface area (Å²) in [6, 6.07) is 1.66. The standard InChI is InChI=1S/C11H15NO4S2/c1-7-5-10(17-8(7)2)18(15,16)12-4-3-9(6-12)11(13)14/h5,9H,3-4,6H2,1-2H3,(H,13,14). The van der Waals surface area contributed by atoms with Gasteiger partial charge in [-0.1, -0.05) is 0 Å². The molecule has 0 amide bonds. The van der Waals surface area contributed by atoms with E-state index in [1.807, 2.05) is 13.8 Å². The van der Waals surface area contributed by atoms with Gasteiger partial charge in [-0.3, -0.25) is 4.79 Å². The van der Waals surface area contributed by atoms with Gasteiger partial charge in [0.15, 0.2) is 0 Å². The van der Waals surface area contributed by atoms with Crippen molar-refractivity contribution in [1.82, 2.24) is 4.31 Å². The van der Waals surface area contributed by atoms with E-state index < -0.39 is 21.9 Å². The average molecular weight is 289 g/mol. The molecule has 0 saturated carbocycles. The summed E-state index contributed by atoms with van der Waals surface area (Å²) < 4.78 is 26.2. The highest BCUT2D eigenvalue weighted by Crippen LogP contribution is 2.30. The summed E-state index contributed by atoms with van der Waals surface area (Å²) >= 11 is 1.24. The molecule has 18 heavy (non-hydrogen) atoms. The molecule has 1 aliphatic heterocycles. The second-order valence-corrected chi connectivity index (χ2v) is 7.91. The van der Waals surface area contributed by atoms with Crippen molar-refractivity contribution in [1.29, 1.82) is 0 Å². The van der Waals surface area contributed by atoms with Crippen molar-refractivity contribution in [2.24, 2.45) is 5.92 Å². The maximum absolute atomic E-state index is 12.3. The maximum atomic E-state index is 12.3. The Bertz CT molecular complexity index is 556. The summed E-state index contributed by atoms with van der Waals surface area (Å²) in [5, 5.41) is 8.90. The highest BCUT2D eigenvalue weighted by Gasteiger charge is 2.36. The summed E-state index contributed by atoms with van der Waals surface area (Å²) in [6.07, 6.45) is 0.387. The number of carboxylic acids is 1. The van der Waals surface area contributed by atoms with Crippen LogP contribution in [0.4, 0.5) is 0 Å². The molecule has 100 valence electrons. The quantitative estimate of drug-likeness (QED) is 0.914. The van der Waals surface area contributed by atoms with Crippen molar-refractivity contribution in [3.63, 3.8) is 0 Å². The summed E-state index contributed by atoms with van der Waals surface area (Å²) in [7, 11) is -3.52. The van der Waals surface area contributed by atoms with E-state index in [0.29, 0.717) is 10.6 Å². The molecule has 1 N–H and O–H groups in total. The van der Waals surface area contributed by atoms with Crippen LogP contribution in [0.2, 0.25) is 0 Å². The monoisotopic (exact) mass is 289 g/mol. The Kier molecular flexibility index (Phi) is 3.48. The van der Waals surface area contributed by atoms with Crippen LogP contribution < -0.4 is 0 Å². The zero-order chi connectivity index (χ0) is 13.5. The van der Waals surface area contributed by atoms with Gasteiger partial charge in [-0.2, -0.15) is 4.31 Å². The van der Waals surface area contributed by atoms with Crippen molar-refractivity contribution in [3.05, 3.63) is 16.5 Å². The molecule has 0 bridgehead atoms. The summed E-state index contributed by atoms with van der Waals surface area (Å²) in [4.78, 5) is 11.8. The van der Waals surface area contributed by atoms with Crippen molar-refractivity contribution >= 4 is 27.3 Å². The molecule has 1 atom stereocenters. The number of carboxylic acid groups (broad SMARTS) is 1. The van der Waals surface area contributed by atoms with Gasteiger partial charge in [-0.15, -0.1) is 11.3 Å². The van der Waals surface area contributed by atoms with Crippen molar-refractivity contribution in [2.45, 2.75) is 24.5 Å². The summed E-state index contributed by atoms with van der Waals surface area (Å²) in [6.45, 7) is 4.11. The Hall–Kier alpha value is -0.920. The predicted octanol–water partition coefficient (Wildman–Crippen LogP) is 1.46. The topological polar surface area (TPSA) is 74.7 Å². The summed E-state index contributed by atoms with van der Waals surface area (Å²) in [5.41, 5.74) is 0.951. The second kappa shape index (κ2) is 4.64. The highest BCUT2D eigenvalue weighted by atomic mass is 32.2. The van der Waals surface area contributed by atoms with Crippen LogP contribution in [-0.4, -0.2) is 36.9 Å². The first-order chi connectivity index (χ1) is 8.32. The second-order valence-electron chi connectivity index (χ2n) is 4.49. The largest absolute Gasteiger partial charge is 0.481 e. The first kappa shape index (κ1) is 13.5. The third-order valence-corrected chi connectivity index (χ3v) is 6.70. The minimum Gasteiger partial charge on any atom is -0.481 e. The van der Waals surface area contributed by atoms with E-state index in [-0.39, 0.29) is 13.1 Å². The number of carbonyl (C=O) groups is 1. The van der Waals surface area contributed by atoms with Gasteiger partial charge in [0, 0.05) is 18.0 Å². The van der Waals surface area contributed by atoms with E-state index in [4.69, 9.17) is 5.11 Å². The first-order valence-corrected chi connectivity index (χ1v) is 7.88. The molecule has 1 saturated heterocycles. The molecule has 1 fully saturated rings. The van der Waals surface area contributed by atoms with Gasteiger partial charge in [0.2, 0.25) is 0 Å². The van der Waals surface area contributed by atoms with Crippen LogP contribution in [0.15, 0.2) is 10.3 Å². The third-order valence-electron chi connectivity index (χ3n) is 3.24. The number of rotatable bonds is 3. The van der Waals surface area contributed by atoms with E-state index in [9.17, 15) is 13.2 Å². The zero-order valence-corrected chi connectivity index (χ0v) is 11.8. The average Bonchev–Trinajstić information content (AvgIpc) is 2.87. The minimum atomic E-state index is -3.52. The number of hydrogen-bond acceptors (Lipinski definition) is 4. The molecule has 1 aromatic rings. The maximum Gasteiger partial charge on any atom is 0.307 e. The zero-order valence-electron chi connectivity index (χ0n) is 10.2. The number of sulfonamides is 1. The molecule has 1 aromatic heterocycles. The molecule has 2 heterocycles. The number of aryl methyl sites for hydroxylation is 2. The molecule has 7 heteroatoms. The fourth-order valence-electron chi connectivity index (χ4n) is 1.94. The normalized spacial score (nSPS) is 21.3. The van der Waals surface area contributed by atoms with E-state index in [0.717, 1.165) is 10.4 Å². The van der Waals surface area contributed by atoms with E-state index in [1.165, 1.54) is 15.6 Å². The van der Waals surface area contributed by atoms with Crippen molar-refractivity contribution in [2.75, 3.05) is 13.1 Å². The SMILES string of the molecule is Cc1cc(S(=O)(=O)N2CCC(C(=O)O)C2)sc1C. The fourth-order valence-corrected chi connectivity index (χ4v) is 5.11. The van der Waals surface area contributed by atoms with Crippen LogP contribution in [0.25, 0.3) is 0 Å². The Morgan fingerprint density at radius 2 is 2.17 bits per heavy atom. The Balaban J connectivity index is 2.25. The molecule has 0 spiro atoms. The summed E-state index contributed by atoms with van der Waals surface area (Å²) in [5.74, 6) is -1.51. The molecular weight excluding hydrogens is 274 g/mol. The lowest BCUT2D eigenvalue weighted by atomic mass is 10.1. The fraction of sp³-hybridized carbons (Fsp3) is 0.545. The molecule has 0 aromatic carbocycles. The Labute approximate surface area is 110 Å². The predicted molar refractivity (Wildman–Crippen MR) is 68.3 cm³/mol. The lowest BCUT2D eigenvalue weighted by molar-refractivity contribution is -0.141. The van der Waals surface area contributed by atoms with Crippen LogP contribution in [-0.2, 0) is 14.8 Å². The van der Waals surface area contributed by atoms with Crippen LogP contribution >= 0.6 is 11.3 Å². The Morgan fingerprint density at radius 3 is 2.61 bits per heavy atom. The number of thiophene rings is 1. The van der Waals surface area contributed by atoms with Crippen LogP contribution in [0, 0.1) is 19.8 Å². The van der Waals surface area contributed by atoms with Gasteiger partial charge in [0.1, 0.15) is 4.21 Å². The van der Waals surface area contributed by atoms with E-state index in [1.54, 1.807) is 6.07 Å². The van der Waals surface area contributed by atoms with E-state index >= 15 is 0 Å². The van der Waals surface area contributed by atoms with Gasteiger partial charge in [-0.25, -0.2) is 8.42 Å². The van der Waals surface area contributed by atoms with Gasteiger partial charge >= 0.3 is 5.97 Å². The molecule has 0 radical (unpaired) electrons. The highest BCUT2D eigenvalue weighted by molar-refractivity contribution is 7.91. The van der Waals surface area contributed by atoms with Crippen molar-refractivity contribution < 1.29 is 18.3 Å². The number of hydrogen-bond donors (Lipinski definition) is 1. The lowest BCUT2D eigenvalue weighted by Crippen LogP contribution is -2.29. The molecule has 1 aliphatic rings. The molecule has 0 aliphatic carbocycles. The Morgan fingerprint density at radius 1 is 1.50 bits per heavy atom. The first-order valence-electron chi connectivity index (χ1n) is 5.62. The van der Waals surface area contributed by atoms with Crippen LogP contribution in [0.5, 0.6) is 0 Å². The lowest BCUT2D eigenvalue weighted by Gasteiger charge is -2.14. The number of nitrogens with zero attached hydrogens (tertiary/aromatic N) is 1. The molecule has 5 nitrogen and oxygen atoms in total. The van der Waals surface area contributed by atoms with Gasteiger partial charge in [0.05, 0.1) is 5.92 Å². The van der Waals surface area contributed by atoms with Crippen LogP contribution in [0.3, 0.4) is 0 Å².